The topological polar surface area (TPSA) is 55.1 Å². The number of hydrogen-bond donors (Lipinski definition) is 1. The van der Waals surface area contributed by atoms with Gasteiger partial charge in [-0.25, -0.2) is 4.98 Å². The van der Waals surface area contributed by atoms with Crippen molar-refractivity contribution in [3.8, 4) is 0 Å². The van der Waals surface area contributed by atoms with E-state index in [2.05, 4.69) is 4.98 Å². The van der Waals surface area contributed by atoms with E-state index >= 15 is 0 Å². The molecule has 4 heteroatoms. The van der Waals surface area contributed by atoms with Crippen LogP contribution in [0, 0.1) is 6.92 Å². The molecule has 78 valence electrons. The zero-order valence-corrected chi connectivity index (χ0v) is 9.03. The smallest absolute Gasteiger partial charge is 0.309 e. The first kappa shape index (κ1) is 10.8. The average Bonchev–Trinajstić information content (AvgIpc) is 2.32. The monoisotopic (exact) mass is 196 g/mol. The van der Waals surface area contributed by atoms with Crippen LogP contribution in [0.25, 0.3) is 0 Å². The minimum absolute atomic E-state index is 0.00634. The van der Waals surface area contributed by atoms with E-state index in [4.69, 9.17) is 5.11 Å². The molecule has 0 amide bonds. The van der Waals surface area contributed by atoms with Crippen molar-refractivity contribution < 1.29 is 9.90 Å². The Bertz CT molecular complexity index is 353. The predicted octanol–water partition coefficient (Wildman–Crippen LogP) is 1.48. The lowest BCUT2D eigenvalue weighted by Gasteiger charge is -2.04. The number of aliphatic carboxylic acids is 1. The normalized spacial score (nSPS) is 10.9. The Kier molecular flexibility index (Phi) is 2.93. The lowest BCUT2D eigenvalue weighted by molar-refractivity contribution is -0.136. The molecule has 1 N–H and O–H groups in total. The van der Waals surface area contributed by atoms with Gasteiger partial charge in [0.2, 0.25) is 0 Å². The van der Waals surface area contributed by atoms with Crippen LogP contribution in [-0.2, 0) is 18.3 Å². The fraction of sp³-hybridized carbons (Fsp3) is 0.600. The number of carboxylic acids is 1. The number of nitrogens with zero attached hydrogens (tertiary/aromatic N) is 2. The van der Waals surface area contributed by atoms with E-state index in [1.165, 1.54) is 0 Å². The van der Waals surface area contributed by atoms with E-state index in [0.717, 1.165) is 11.5 Å². The zero-order valence-electron chi connectivity index (χ0n) is 9.03. The molecule has 0 aromatic carbocycles. The first-order valence-corrected chi connectivity index (χ1v) is 4.67. The highest BCUT2D eigenvalue weighted by molar-refractivity contribution is 5.69. The number of rotatable bonds is 3. The maximum atomic E-state index is 10.6. The average molecular weight is 196 g/mol. The summed E-state index contributed by atoms with van der Waals surface area (Å²) in [7, 11) is 1.92. The van der Waals surface area contributed by atoms with E-state index < -0.39 is 5.97 Å². The standard InChI is InChI=1S/C10H16N2O2/c1-6(2)10-11-8(5-9(13)14)7(3)12(10)4/h6H,5H2,1-4H3,(H,13,14). The summed E-state index contributed by atoms with van der Waals surface area (Å²) in [4.78, 5) is 14.9. The maximum absolute atomic E-state index is 10.6. The largest absolute Gasteiger partial charge is 0.481 e. The summed E-state index contributed by atoms with van der Waals surface area (Å²) in [5.41, 5.74) is 1.61. The predicted molar refractivity (Wildman–Crippen MR) is 53.4 cm³/mol. The third-order valence-corrected chi connectivity index (χ3v) is 2.35. The van der Waals surface area contributed by atoms with Crippen molar-refractivity contribution in [3.63, 3.8) is 0 Å². The number of imidazole rings is 1. The third-order valence-electron chi connectivity index (χ3n) is 2.35. The third kappa shape index (κ3) is 1.95. The maximum Gasteiger partial charge on any atom is 0.309 e. The second kappa shape index (κ2) is 3.82. The number of aromatic nitrogens is 2. The molecule has 14 heavy (non-hydrogen) atoms. The van der Waals surface area contributed by atoms with Gasteiger partial charge < -0.3 is 9.67 Å². The molecule has 0 radical (unpaired) electrons. The molecule has 0 aliphatic heterocycles. The highest BCUT2D eigenvalue weighted by Crippen LogP contribution is 2.17. The molecule has 0 saturated carbocycles. The summed E-state index contributed by atoms with van der Waals surface area (Å²) >= 11 is 0. The quantitative estimate of drug-likeness (QED) is 0.796. The van der Waals surface area contributed by atoms with E-state index in [1.807, 2.05) is 32.4 Å². The lowest BCUT2D eigenvalue weighted by atomic mass is 10.2. The molecule has 1 aromatic rings. The first-order valence-electron chi connectivity index (χ1n) is 4.67. The van der Waals surface area contributed by atoms with Crippen LogP contribution in [0.1, 0.15) is 37.0 Å². The second-order valence-corrected chi connectivity index (χ2v) is 3.79. The van der Waals surface area contributed by atoms with Crippen LogP contribution in [0.2, 0.25) is 0 Å². The molecule has 0 unspecified atom stereocenters. The first-order chi connectivity index (χ1) is 6.43. The van der Waals surface area contributed by atoms with Crippen LogP contribution in [0.3, 0.4) is 0 Å². The molecule has 0 saturated heterocycles. The molecule has 1 heterocycles. The molecule has 0 spiro atoms. The summed E-state index contributed by atoms with van der Waals surface area (Å²) in [6.45, 7) is 6.00. The van der Waals surface area contributed by atoms with Crippen LogP contribution in [0.4, 0.5) is 0 Å². The molecule has 4 nitrogen and oxygen atoms in total. The highest BCUT2D eigenvalue weighted by atomic mass is 16.4. The summed E-state index contributed by atoms with van der Waals surface area (Å²) in [6.07, 6.45) is 0.00634. The highest BCUT2D eigenvalue weighted by Gasteiger charge is 2.15. The summed E-state index contributed by atoms with van der Waals surface area (Å²) < 4.78 is 1.96. The molecular formula is C10H16N2O2. The van der Waals surface area contributed by atoms with E-state index in [-0.39, 0.29) is 6.42 Å². The van der Waals surface area contributed by atoms with Gasteiger partial charge in [0, 0.05) is 18.7 Å². The van der Waals surface area contributed by atoms with Crippen LogP contribution in [-0.4, -0.2) is 20.6 Å². The van der Waals surface area contributed by atoms with Gasteiger partial charge >= 0.3 is 5.97 Å². The van der Waals surface area contributed by atoms with Gasteiger partial charge in [0.1, 0.15) is 5.82 Å². The van der Waals surface area contributed by atoms with Gasteiger partial charge in [0.15, 0.2) is 0 Å². The van der Waals surface area contributed by atoms with Gasteiger partial charge in [-0.2, -0.15) is 0 Å². The van der Waals surface area contributed by atoms with Crippen molar-refractivity contribution in [1.82, 2.24) is 9.55 Å². The summed E-state index contributed by atoms with van der Waals surface area (Å²) in [5, 5.41) is 8.68. The van der Waals surface area contributed by atoms with Crippen LogP contribution in [0.5, 0.6) is 0 Å². The molecule has 1 rings (SSSR count). The summed E-state index contributed by atoms with van der Waals surface area (Å²) in [5.74, 6) is 0.432. The molecule has 0 atom stereocenters. The molecule has 0 aliphatic carbocycles. The Balaban J connectivity index is 3.08. The van der Waals surface area contributed by atoms with Crippen LogP contribution < -0.4 is 0 Å². The molecular weight excluding hydrogens is 180 g/mol. The van der Waals surface area contributed by atoms with Gasteiger partial charge in [-0.1, -0.05) is 13.8 Å². The van der Waals surface area contributed by atoms with Crippen molar-refractivity contribution >= 4 is 5.97 Å². The van der Waals surface area contributed by atoms with Gasteiger partial charge in [-0.05, 0) is 6.92 Å². The summed E-state index contributed by atoms with van der Waals surface area (Å²) in [6, 6.07) is 0. The van der Waals surface area contributed by atoms with Crippen LogP contribution in [0.15, 0.2) is 0 Å². The Morgan fingerprint density at radius 1 is 1.57 bits per heavy atom. The molecule has 1 aromatic heterocycles. The van der Waals surface area contributed by atoms with Gasteiger partial charge in [-0.3, -0.25) is 4.79 Å². The van der Waals surface area contributed by atoms with Gasteiger partial charge in [-0.15, -0.1) is 0 Å². The Morgan fingerprint density at radius 3 is 2.50 bits per heavy atom. The lowest BCUT2D eigenvalue weighted by Crippen LogP contribution is -2.02. The molecule has 0 aliphatic rings. The number of carboxylic acid groups (broad SMARTS) is 1. The molecule has 0 bridgehead atoms. The van der Waals surface area contributed by atoms with Crippen molar-refractivity contribution in [2.45, 2.75) is 33.1 Å². The number of carbonyl (C=O) groups is 1. The minimum Gasteiger partial charge on any atom is -0.481 e. The van der Waals surface area contributed by atoms with E-state index in [9.17, 15) is 4.79 Å². The van der Waals surface area contributed by atoms with Crippen LogP contribution >= 0.6 is 0 Å². The van der Waals surface area contributed by atoms with Crippen molar-refractivity contribution in [2.75, 3.05) is 0 Å². The Hall–Kier alpha value is -1.32. The zero-order chi connectivity index (χ0) is 10.9. The fourth-order valence-corrected chi connectivity index (χ4v) is 1.49. The Labute approximate surface area is 83.6 Å². The van der Waals surface area contributed by atoms with E-state index in [1.54, 1.807) is 0 Å². The van der Waals surface area contributed by atoms with Crippen molar-refractivity contribution in [2.24, 2.45) is 7.05 Å². The number of hydrogen-bond acceptors (Lipinski definition) is 2. The SMILES string of the molecule is Cc1c(CC(=O)O)nc(C(C)C)n1C. The van der Waals surface area contributed by atoms with Gasteiger partial charge in [0.05, 0.1) is 12.1 Å². The Morgan fingerprint density at radius 2 is 2.14 bits per heavy atom. The van der Waals surface area contributed by atoms with Gasteiger partial charge in [0.25, 0.3) is 0 Å². The van der Waals surface area contributed by atoms with E-state index in [0.29, 0.717) is 11.6 Å². The van der Waals surface area contributed by atoms with Crippen molar-refractivity contribution in [1.29, 1.82) is 0 Å². The van der Waals surface area contributed by atoms with Crippen molar-refractivity contribution in [3.05, 3.63) is 17.2 Å². The fourth-order valence-electron chi connectivity index (χ4n) is 1.49. The molecule has 0 fully saturated rings. The second-order valence-electron chi connectivity index (χ2n) is 3.79. The minimum atomic E-state index is -0.832.